The molecule has 14 heavy (non-hydrogen) atoms. The van der Waals surface area contributed by atoms with Crippen molar-refractivity contribution in [2.24, 2.45) is 0 Å². The molecule has 5 heteroatoms. The van der Waals surface area contributed by atoms with Crippen molar-refractivity contribution in [3.05, 3.63) is 23.8 Å². The largest absolute Gasteiger partial charge is 0.494 e. The van der Waals surface area contributed by atoms with Gasteiger partial charge in [0.1, 0.15) is 12.0 Å². The number of rotatable bonds is 4. The van der Waals surface area contributed by atoms with Crippen LogP contribution in [0.5, 0.6) is 5.75 Å². The van der Waals surface area contributed by atoms with Gasteiger partial charge in [0.2, 0.25) is 0 Å². The van der Waals surface area contributed by atoms with Gasteiger partial charge in [0.15, 0.2) is 0 Å². The van der Waals surface area contributed by atoms with Crippen molar-refractivity contribution in [3.8, 4) is 5.75 Å². The van der Waals surface area contributed by atoms with Crippen molar-refractivity contribution in [1.82, 2.24) is 0 Å². The first-order valence-electron chi connectivity index (χ1n) is 4.27. The third kappa shape index (κ3) is 2.34. The number of hydrogen-bond acceptors (Lipinski definition) is 4. The summed E-state index contributed by atoms with van der Waals surface area (Å²) in [7, 11) is -1.63. The van der Waals surface area contributed by atoms with Crippen LogP contribution in [0.1, 0.15) is 17.3 Å². The molecule has 0 aliphatic carbocycles. The fourth-order valence-electron chi connectivity index (χ4n) is 1.13. The maximum Gasteiger partial charge on any atom is 0.492 e. The van der Waals surface area contributed by atoms with Crippen molar-refractivity contribution in [1.29, 1.82) is 0 Å². The summed E-state index contributed by atoms with van der Waals surface area (Å²) in [6.45, 7) is 2.22. The smallest absolute Gasteiger partial charge is 0.492 e. The summed E-state index contributed by atoms with van der Waals surface area (Å²) < 4.78 is 5.16. The maximum atomic E-state index is 10.4. The van der Waals surface area contributed by atoms with Crippen molar-refractivity contribution in [3.63, 3.8) is 0 Å². The van der Waals surface area contributed by atoms with Crippen LogP contribution >= 0.6 is 0 Å². The van der Waals surface area contributed by atoms with Gasteiger partial charge in [-0.15, -0.1) is 0 Å². The highest BCUT2D eigenvalue weighted by Crippen LogP contribution is 2.09. The number of hydrogen-bond donors (Lipinski definition) is 2. The van der Waals surface area contributed by atoms with Crippen LogP contribution in [0.25, 0.3) is 0 Å². The minimum atomic E-state index is -1.63. The molecular formula is C9H11BO4. The van der Waals surface area contributed by atoms with Gasteiger partial charge in [0, 0.05) is 11.0 Å². The summed E-state index contributed by atoms with van der Waals surface area (Å²) in [5.41, 5.74) is 0.591. The molecule has 0 atom stereocenters. The zero-order chi connectivity index (χ0) is 10.6. The Bertz CT molecular complexity index is 325. The zero-order valence-corrected chi connectivity index (χ0v) is 7.80. The van der Waals surface area contributed by atoms with Crippen LogP contribution in [0.15, 0.2) is 18.2 Å². The Balaban J connectivity index is 3.09. The fraction of sp³-hybridized carbons (Fsp3) is 0.222. The molecule has 0 unspecified atom stereocenters. The molecule has 0 bridgehead atoms. The summed E-state index contributed by atoms with van der Waals surface area (Å²) in [5, 5.41) is 18.0. The standard InChI is InChI=1S/C9H11BO4/c1-2-14-9-4-3-7(6-11)5-8(9)10(12)13/h3-6,12-13H,2H2,1H3. The topological polar surface area (TPSA) is 66.8 Å². The second kappa shape index (κ2) is 4.78. The molecule has 1 aromatic carbocycles. The number of carbonyl (C=O) groups excluding carboxylic acids is 1. The second-order valence-electron chi connectivity index (χ2n) is 2.72. The monoisotopic (exact) mass is 194 g/mol. The fourth-order valence-corrected chi connectivity index (χ4v) is 1.13. The van der Waals surface area contributed by atoms with Crippen molar-refractivity contribution in [2.45, 2.75) is 6.92 Å². The van der Waals surface area contributed by atoms with E-state index in [1.54, 1.807) is 19.1 Å². The molecule has 0 radical (unpaired) electrons. The van der Waals surface area contributed by atoms with Gasteiger partial charge >= 0.3 is 7.12 Å². The summed E-state index contributed by atoms with van der Waals surface area (Å²) in [6.07, 6.45) is 0.640. The van der Waals surface area contributed by atoms with E-state index in [1.165, 1.54) is 6.07 Å². The molecular weight excluding hydrogens is 183 g/mol. The highest BCUT2D eigenvalue weighted by molar-refractivity contribution is 6.59. The average molecular weight is 194 g/mol. The van der Waals surface area contributed by atoms with E-state index < -0.39 is 7.12 Å². The summed E-state index contributed by atoms with van der Waals surface area (Å²) in [6, 6.07) is 4.49. The summed E-state index contributed by atoms with van der Waals surface area (Å²) in [4.78, 5) is 10.4. The van der Waals surface area contributed by atoms with Crippen LogP contribution in [-0.2, 0) is 0 Å². The Morgan fingerprint density at radius 2 is 2.21 bits per heavy atom. The summed E-state index contributed by atoms with van der Waals surface area (Å²) >= 11 is 0. The molecule has 0 saturated carbocycles. The highest BCUT2D eigenvalue weighted by Gasteiger charge is 2.17. The van der Waals surface area contributed by atoms with Crippen LogP contribution in [0.2, 0.25) is 0 Å². The lowest BCUT2D eigenvalue weighted by atomic mass is 9.79. The minimum absolute atomic E-state index is 0.205. The average Bonchev–Trinajstić information content (AvgIpc) is 2.18. The Morgan fingerprint density at radius 3 is 2.71 bits per heavy atom. The predicted octanol–water partition coefficient (Wildman–Crippen LogP) is -0.422. The predicted molar refractivity (Wildman–Crippen MR) is 52.8 cm³/mol. The molecule has 2 N–H and O–H groups in total. The molecule has 1 rings (SSSR count). The second-order valence-corrected chi connectivity index (χ2v) is 2.72. The lowest BCUT2D eigenvalue weighted by Crippen LogP contribution is -2.31. The first-order chi connectivity index (χ1) is 6.69. The van der Waals surface area contributed by atoms with E-state index in [4.69, 9.17) is 14.8 Å². The van der Waals surface area contributed by atoms with Crippen LogP contribution < -0.4 is 10.2 Å². The normalized spacial score (nSPS) is 9.64. The molecule has 0 fully saturated rings. The van der Waals surface area contributed by atoms with Gasteiger partial charge in [0.25, 0.3) is 0 Å². The van der Waals surface area contributed by atoms with Gasteiger partial charge in [-0.1, -0.05) is 0 Å². The lowest BCUT2D eigenvalue weighted by molar-refractivity contribution is 0.112. The number of carbonyl (C=O) groups is 1. The maximum absolute atomic E-state index is 10.4. The third-order valence-corrected chi connectivity index (χ3v) is 1.75. The first-order valence-corrected chi connectivity index (χ1v) is 4.27. The minimum Gasteiger partial charge on any atom is -0.494 e. The molecule has 1 aromatic rings. The quantitative estimate of drug-likeness (QED) is 0.504. The van der Waals surface area contributed by atoms with Gasteiger partial charge in [-0.25, -0.2) is 0 Å². The van der Waals surface area contributed by atoms with E-state index in [0.29, 0.717) is 24.2 Å². The molecule has 0 aliphatic heterocycles. The molecule has 0 aliphatic rings. The number of benzene rings is 1. The molecule has 0 amide bonds. The van der Waals surface area contributed by atoms with Crippen LogP contribution in [0, 0.1) is 0 Å². The number of aldehydes is 1. The van der Waals surface area contributed by atoms with Crippen LogP contribution in [0.4, 0.5) is 0 Å². The lowest BCUT2D eigenvalue weighted by Gasteiger charge is -2.09. The van der Waals surface area contributed by atoms with Gasteiger partial charge in [-0.3, -0.25) is 4.79 Å². The van der Waals surface area contributed by atoms with Crippen molar-refractivity contribution < 1.29 is 19.6 Å². The van der Waals surface area contributed by atoms with E-state index in [0.717, 1.165) is 0 Å². The Kier molecular flexibility index (Phi) is 3.68. The van der Waals surface area contributed by atoms with Gasteiger partial charge in [-0.2, -0.15) is 0 Å². The first kappa shape index (κ1) is 10.8. The van der Waals surface area contributed by atoms with Gasteiger partial charge < -0.3 is 14.8 Å². The molecule has 0 heterocycles. The van der Waals surface area contributed by atoms with E-state index in [9.17, 15) is 4.79 Å². The van der Waals surface area contributed by atoms with Crippen molar-refractivity contribution >= 4 is 18.9 Å². The molecule has 4 nitrogen and oxygen atoms in total. The van der Waals surface area contributed by atoms with Crippen molar-refractivity contribution in [2.75, 3.05) is 6.61 Å². The number of ether oxygens (including phenoxy) is 1. The van der Waals surface area contributed by atoms with E-state index >= 15 is 0 Å². The highest BCUT2D eigenvalue weighted by atomic mass is 16.5. The van der Waals surface area contributed by atoms with Gasteiger partial charge in [0.05, 0.1) is 6.61 Å². The van der Waals surface area contributed by atoms with Crippen LogP contribution in [-0.4, -0.2) is 30.1 Å². The Labute approximate surface area is 82.3 Å². The van der Waals surface area contributed by atoms with E-state index in [1.807, 2.05) is 0 Å². The Hall–Kier alpha value is -1.33. The molecule has 74 valence electrons. The molecule has 0 aromatic heterocycles. The van der Waals surface area contributed by atoms with E-state index in [2.05, 4.69) is 0 Å². The van der Waals surface area contributed by atoms with Crippen LogP contribution in [0.3, 0.4) is 0 Å². The summed E-state index contributed by atoms with van der Waals surface area (Å²) in [5.74, 6) is 0.383. The Morgan fingerprint density at radius 1 is 1.50 bits per heavy atom. The molecule has 0 saturated heterocycles. The third-order valence-electron chi connectivity index (χ3n) is 1.75. The van der Waals surface area contributed by atoms with E-state index in [-0.39, 0.29) is 5.46 Å². The van der Waals surface area contributed by atoms with Gasteiger partial charge in [-0.05, 0) is 25.1 Å². The molecule has 0 spiro atoms. The zero-order valence-electron chi connectivity index (χ0n) is 7.80. The SMILES string of the molecule is CCOc1ccc(C=O)cc1B(O)O.